The number of carbonyl (C=O) groups excluding carboxylic acids is 1. The maximum absolute atomic E-state index is 13.6. The minimum Gasteiger partial charge on any atom is -0.322 e. The molecule has 0 aliphatic rings. The Hall–Kier alpha value is -2.48. The quantitative estimate of drug-likeness (QED) is 0.625. The molecule has 134 valence electrons. The molecule has 1 amide bonds. The van der Waals surface area contributed by atoms with Gasteiger partial charge in [-0.25, -0.2) is 22.0 Å². The number of amides is 1. The number of hydrogen-bond acceptors (Lipinski definition) is 2. The van der Waals surface area contributed by atoms with Crippen molar-refractivity contribution in [3.63, 3.8) is 0 Å². The lowest BCUT2D eigenvalue weighted by Crippen LogP contribution is -2.39. The van der Waals surface area contributed by atoms with Gasteiger partial charge in [0.05, 0.1) is 11.7 Å². The minimum atomic E-state index is -1.69. The van der Waals surface area contributed by atoms with Gasteiger partial charge in [-0.15, -0.1) is 0 Å². The summed E-state index contributed by atoms with van der Waals surface area (Å²) < 4.78 is 65.8. The van der Waals surface area contributed by atoms with E-state index in [-0.39, 0.29) is 0 Å². The number of carbonyl (C=O) groups is 1. The molecule has 0 radical (unpaired) electrons. The molecule has 0 saturated heterocycles. The molecule has 0 spiro atoms. The van der Waals surface area contributed by atoms with Crippen LogP contribution in [0.5, 0.6) is 0 Å². The zero-order valence-corrected chi connectivity index (χ0v) is 13.3. The van der Waals surface area contributed by atoms with E-state index < -0.39 is 52.8 Å². The van der Waals surface area contributed by atoms with Crippen molar-refractivity contribution in [2.45, 2.75) is 25.9 Å². The zero-order chi connectivity index (χ0) is 18.7. The van der Waals surface area contributed by atoms with Crippen LogP contribution < -0.4 is 10.6 Å². The van der Waals surface area contributed by atoms with Crippen LogP contribution in [0.3, 0.4) is 0 Å². The molecular formula is C17H15F5N2O. The van der Waals surface area contributed by atoms with E-state index in [9.17, 15) is 26.7 Å². The third-order valence-corrected chi connectivity index (χ3v) is 3.63. The third-order valence-electron chi connectivity index (χ3n) is 3.63. The zero-order valence-electron chi connectivity index (χ0n) is 13.3. The van der Waals surface area contributed by atoms with Crippen LogP contribution in [0.2, 0.25) is 0 Å². The van der Waals surface area contributed by atoms with E-state index in [0.717, 1.165) is 18.2 Å². The summed E-state index contributed by atoms with van der Waals surface area (Å²) in [6.45, 7) is 3.07. The second kappa shape index (κ2) is 7.60. The van der Waals surface area contributed by atoms with Crippen molar-refractivity contribution in [3.8, 4) is 0 Å². The molecule has 25 heavy (non-hydrogen) atoms. The smallest absolute Gasteiger partial charge is 0.241 e. The highest BCUT2D eigenvalue weighted by Gasteiger charge is 2.20. The predicted molar refractivity (Wildman–Crippen MR) is 82.3 cm³/mol. The average Bonchev–Trinajstić information content (AvgIpc) is 2.57. The first kappa shape index (κ1) is 18.9. The summed E-state index contributed by atoms with van der Waals surface area (Å²) in [6.07, 6.45) is 0. The van der Waals surface area contributed by atoms with E-state index in [2.05, 4.69) is 10.6 Å². The maximum atomic E-state index is 13.6. The molecule has 0 aliphatic carbocycles. The lowest BCUT2D eigenvalue weighted by molar-refractivity contribution is -0.118. The molecule has 2 rings (SSSR count). The molecule has 2 aromatic rings. The van der Waals surface area contributed by atoms with Crippen LogP contribution in [0, 0.1) is 29.1 Å². The van der Waals surface area contributed by atoms with Gasteiger partial charge in [0, 0.05) is 6.04 Å². The number of hydrogen-bond donors (Lipinski definition) is 2. The van der Waals surface area contributed by atoms with Crippen LogP contribution in [0.25, 0.3) is 0 Å². The van der Waals surface area contributed by atoms with Gasteiger partial charge in [-0.05, 0) is 43.7 Å². The van der Waals surface area contributed by atoms with Gasteiger partial charge in [0.25, 0.3) is 0 Å². The van der Waals surface area contributed by atoms with Gasteiger partial charge in [-0.2, -0.15) is 0 Å². The largest absolute Gasteiger partial charge is 0.322 e. The molecular weight excluding hydrogens is 343 g/mol. The standard InChI is InChI=1S/C17H15F5N2O/c1-8(10-3-4-11(18)13(20)7-10)23-9(2)17(25)24-14-6-5-12(19)15(21)16(14)22/h3-9,23H,1-2H3,(H,24,25)/t8-,9-/m1/s1. The summed E-state index contributed by atoms with van der Waals surface area (Å²) in [6, 6.07) is 3.50. The lowest BCUT2D eigenvalue weighted by atomic mass is 10.1. The Bertz CT molecular complexity index is 797. The van der Waals surface area contributed by atoms with Gasteiger partial charge in [0.15, 0.2) is 29.1 Å². The minimum absolute atomic E-state index is 0.401. The van der Waals surface area contributed by atoms with E-state index in [1.807, 2.05) is 0 Å². The topological polar surface area (TPSA) is 41.1 Å². The number of halogens is 5. The second-order valence-electron chi connectivity index (χ2n) is 5.50. The van der Waals surface area contributed by atoms with E-state index >= 15 is 0 Å². The Kier molecular flexibility index (Phi) is 5.73. The number of rotatable bonds is 5. The first-order valence-electron chi connectivity index (χ1n) is 7.36. The van der Waals surface area contributed by atoms with Crippen molar-refractivity contribution >= 4 is 11.6 Å². The highest BCUT2D eigenvalue weighted by molar-refractivity contribution is 5.94. The van der Waals surface area contributed by atoms with Crippen molar-refractivity contribution in [2.75, 3.05) is 5.32 Å². The van der Waals surface area contributed by atoms with Gasteiger partial charge >= 0.3 is 0 Å². The molecule has 2 N–H and O–H groups in total. The summed E-state index contributed by atoms with van der Waals surface area (Å²) in [4.78, 5) is 12.1. The molecule has 0 unspecified atom stereocenters. The highest BCUT2D eigenvalue weighted by atomic mass is 19.2. The van der Waals surface area contributed by atoms with Crippen LogP contribution in [-0.4, -0.2) is 11.9 Å². The highest BCUT2D eigenvalue weighted by Crippen LogP contribution is 2.20. The molecule has 0 aromatic heterocycles. The lowest BCUT2D eigenvalue weighted by Gasteiger charge is -2.20. The Morgan fingerprint density at radius 2 is 1.52 bits per heavy atom. The Labute approximate surface area is 140 Å². The van der Waals surface area contributed by atoms with Crippen molar-refractivity contribution in [1.29, 1.82) is 0 Å². The predicted octanol–water partition coefficient (Wildman–Crippen LogP) is 4.06. The van der Waals surface area contributed by atoms with Gasteiger partial charge < -0.3 is 5.32 Å². The fourth-order valence-electron chi connectivity index (χ4n) is 2.19. The summed E-state index contributed by atoms with van der Waals surface area (Å²) in [5, 5.41) is 4.96. The Balaban J connectivity index is 2.05. The van der Waals surface area contributed by atoms with Crippen LogP contribution in [0.15, 0.2) is 30.3 Å². The van der Waals surface area contributed by atoms with Gasteiger partial charge in [0.1, 0.15) is 0 Å². The van der Waals surface area contributed by atoms with E-state index in [0.29, 0.717) is 11.6 Å². The molecule has 0 bridgehead atoms. The second-order valence-corrected chi connectivity index (χ2v) is 5.50. The van der Waals surface area contributed by atoms with Crippen LogP contribution >= 0.6 is 0 Å². The molecule has 0 saturated carbocycles. The third kappa shape index (κ3) is 4.33. The van der Waals surface area contributed by atoms with Gasteiger partial charge in [-0.3, -0.25) is 10.1 Å². The number of benzene rings is 2. The molecule has 2 atom stereocenters. The molecule has 0 fully saturated rings. The fourth-order valence-corrected chi connectivity index (χ4v) is 2.19. The summed E-state index contributed by atoms with van der Waals surface area (Å²) >= 11 is 0. The normalized spacial score (nSPS) is 13.4. The van der Waals surface area contributed by atoms with Crippen molar-refractivity contribution in [3.05, 3.63) is 65.0 Å². The number of anilines is 1. The summed E-state index contributed by atoms with van der Waals surface area (Å²) in [5.74, 6) is -7.28. The van der Waals surface area contributed by atoms with E-state index in [4.69, 9.17) is 0 Å². The first-order chi connectivity index (χ1) is 11.7. The monoisotopic (exact) mass is 358 g/mol. The SMILES string of the molecule is C[C@@H](N[C@H](C)c1ccc(F)c(F)c1)C(=O)Nc1ccc(F)c(F)c1F. The van der Waals surface area contributed by atoms with Gasteiger partial charge in [-0.1, -0.05) is 6.07 Å². The van der Waals surface area contributed by atoms with Crippen molar-refractivity contribution in [1.82, 2.24) is 5.32 Å². The maximum Gasteiger partial charge on any atom is 0.241 e. The van der Waals surface area contributed by atoms with Crippen molar-refractivity contribution in [2.24, 2.45) is 0 Å². The van der Waals surface area contributed by atoms with Crippen molar-refractivity contribution < 1.29 is 26.7 Å². The number of nitrogens with one attached hydrogen (secondary N) is 2. The summed E-state index contributed by atoms with van der Waals surface area (Å²) in [7, 11) is 0. The Morgan fingerprint density at radius 3 is 2.16 bits per heavy atom. The summed E-state index contributed by atoms with van der Waals surface area (Å²) in [5.41, 5.74) is -0.101. The van der Waals surface area contributed by atoms with Crippen LogP contribution in [0.4, 0.5) is 27.6 Å². The molecule has 0 aliphatic heterocycles. The van der Waals surface area contributed by atoms with Gasteiger partial charge in [0.2, 0.25) is 5.91 Å². The van der Waals surface area contributed by atoms with E-state index in [1.54, 1.807) is 6.92 Å². The van der Waals surface area contributed by atoms with E-state index in [1.165, 1.54) is 13.0 Å². The fraction of sp³-hybridized carbons (Fsp3) is 0.235. The molecule has 3 nitrogen and oxygen atoms in total. The molecule has 2 aromatic carbocycles. The molecule has 8 heteroatoms. The molecule has 0 heterocycles. The average molecular weight is 358 g/mol. The Morgan fingerprint density at radius 1 is 0.880 bits per heavy atom. The first-order valence-corrected chi connectivity index (χ1v) is 7.36. The van der Waals surface area contributed by atoms with Crippen LogP contribution in [-0.2, 0) is 4.79 Å². The van der Waals surface area contributed by atoms with Crippen LogP contribution in [0.1, 0.15) is 25.5 Å².